The predicted molar refractivity (Wildman–Crippen MR) is 79.6 cm³/mol. The Kier molecular flexibility index (Phi) is 5.81. The van der Waals surface area contributed by atoms with Crippen LogP contribution in [0, 0.1) is 5.41 Å². The Morgan fingerprint density at radius 2 is 1.82 bits per heavy atom. The SMILES string of the molecule is CCC(N)C(N1CCC(SC)CC1)C(C)(C)C. The molecule has 102 valence electrons. The van der Waals surface area contributed by atoms with Gasteiger partial charge < -0.3 is 5.73 Å². The highest BCUT2D eigenvalue weighted by molar-refractivity contribution is 7.99. The number of rotatable bonds is 4. The van der Waals surface area contributed by atoms with Crippen molar-refractivity contribution in [3.63, 3.8) is 0 Å². The molecule has 0 radical (unpaired) electrons. The zero-order valence-corrected chi connectivity index (χ0v) is 13.0. The number of piperidine rings is 1. The Labute approximate surface area is 112 Å². The molecule has 0 spiro atoms. The summed E-state index contributed by atoms with van der Waals surface area (Å²) in [4.78, 5) is 2.64. The topological polar surface area (TPSA) is 29.3 Å². The second kappa shape index (κ2) is 6.44. The normalized spacial score (nSPS) is 23.6. The highest BCUT2D eigenvalue weighted by Gasteiger charge is 2.35. The van der Waals surface area contributed by atoms with Crippen molar-refractivity contribution >= 4 is 11.8 Å². The summed E-state index contributed by atoms with van der Waals surface area (Å²) in [6.45, 7) is 11.6. The third kappa shape index (κ3) is 4.15. The predicted octanol–water partition coefficient (Wildman–Crippen LogP) is 2.97. The summed E-state index contributed by atoms with van der Waals surface area (Å²) in [6.07, 6.45) is 5.96. The van der Waals surface area contributed by atoms with E-state index in [1.807, 2.05) is 11.8 Å². The van der Waals surface area contributed by atoms with Gasteiger partial charge in [-0.1, -0.05) is 27.7 Å². The maximum Gasteiger partial charge on any atom is 0.0295 e. The molecule has 1 heterocycles. The average molecular weight is 258 g/mol. The molecule has 0 aromatic heterocycles. The maximum atomic E-state index is 6.35. The summed E-state index contributed by atoms with van der Waals surface area (Å²) >= 11 is 2.02. The molecule has 2 N–H and O–H groups in total. The van der Waals surface area contributed by atoms with E-state index in [0.717, 1.165) is 11.7 Å². The minimum Gasteiger partial charge on any atom is -0.326 e. The molecule has 1 fully saturated rings. The summed E-state index contributed by atoms with van der Waals surface area (Å²) in [7, 11) is 0. The van der Waals surface area contributed by atoms with E-state index in [1.54, 1.807) is 0 Å². The molecular formula is C14H30N2S. The van der Waals surface area contributed by atoms with Gasteiger partial charge in [-0.05, 0) is 44.0 Å². The van der Waals surface area contributed by atoms with Crippen LogP contribution in [0.2, 0.25) is 0 Å². The van der Waals surface area contributed by atoms with Gasteiger partial charge in [-0.25, -0.2) is 0 Å². The second-order valence-corrected chi connectivity index (χ2v) is 7.49. The molecule has 0 amide bonds. The van der Waals surface area contributed by atoms with Crippen LogP contribution in [0.5, 0.6) is 0 Å². The maximum absolute atomic E-state index is 6.35. The van der Waals surface area contributed by atoms with E-state index in [4.69, 9.17) is 5.73 Å². The van der Waals surface area contributed by atoms with Gasteiger partial charge >= 0.3 is 0 Å². The molecule has 2 unspecified atom stereocenters. The van der Waals surface area contributed by atoms with E-state index in [0.29, 0.717) is 12.1 Å². The van der Waals surface area contributed by atoms with Gasteiger partial charge in [0, 0.05) is 17.3 Å². The third-order valence-electron chi connectivity index (χ3n) is 3.97. The van der Waals surface area contributed by atoms with E-state index in [-0.39, 0.29) is 5.41 Å². The molecule has 0 aromatic rings. The largest absolute Gasteiger partial charge is 0.326 e. The fourth-order valence-corrected chi connectivity index (χ4v) is 3.76. The zero-order chi connectivity index (χ0) is 13.1. The van der Waals surface area contributed by atoms with Crippen LogP contribution in [0.3, 0.4) is 0 Å². The summed E-state index contributed by atoms with van der Waals surface area (Å²) < 4.78 is 0. The minimum absolute atomic E-state index is 0.279. The molecule has 3 heteroatoms. The molecule has 0 bridgehead atoms. The third-order valence-corrected chi connectivity index (χ3v) is 5.11. The first-order chi connectivity index (χ1) is 7.90. The van der Waals surface area contributed by atoms with Crippen LogP contribution in [-0.2, 0) is 0 Å². The van der Waals surface area contributed by atoms with Crippen molar-refractivity contribution in [1.82, 2.24) is 4.90 Å². The minimum atomic E-state index is 0.279. The van der Waals surface area contributed by atoms with Gasteiger partial charge in [0.15, 0.2) is 0 Å². The molecule has 1 rings (SSSR count). The standard InChI is InChI=1S/C14H30N2S/c1-6-12(15)13(14(2,3)4)16-9-7-11(17-5)8-10-16/h11-13H,6-10,15H2,1-5H3. The van der Waals surface area contributed by atoms with Crippen LogP contribution in [0.15, 0.2) is 0 Å². The van der Waals surface area contributed by atoms with Crippen LogP contribution in [-0.4, -0.2) is 41.6 Å². The van der Waals surface area contributed by atoms with Gasteiger partial charge in [0.25, 0.3) is 0 Å². The Hall–Kier alpha value is 0.270. The van der Waals surface area contributed by atoms with Gasteiger partial charge in [-0.15, -0.1) is 0 Å². The summed E-state index contributed by atoms with van der Waals surface area (Å²) in [6, 6.07) is 0.830. The van der Waals surface area contributed by atoms with Crippen molar-refractivity contribution in [2.75, 3.05) is 19.3 Å². The number of nitrogens with two attached hydrogens (primary N) is 1. The number of nitrogens with zero attached hydrogens (tertiary/aromatic N) is 1. The van der Waals surface area contributed by atoms with Crippen molar-refractivity contribution in [3.05, 3.63) is 0 Å². The molecule has 1 aliphatic heterocycles. The molecular weight excluding hydrogens is 228 g/mol. The molecule has 17 heavy (non-hydrogen) atoms. The van der Waals surface area contributed by atoms with E-state index in [2.05, 4.69) is 38.9 Å². The Morgan fingerprint density at radius 3 is 2.18 bits per heavy atom. The second-order valence-electron chi connectivity index (χ2n) is 6.35. The highest BCUT2D eigenvalue weighted by atomic mass is 32.2. The Bertz CT molecular complexity index is 217. The lowest BCUT2D eigenvalue weighted by Crippen LogP contribution is -2.56. The smallest absolute Gasteiger partial charge is 0.0295 e. The van der Waals surface area contributed by atoms with Crippen molar-refractivity contribution in [3.8, 4) is 0 Å². The zero-order valence-electron chi connectivity index (χ0n) is 12.2. The molecule has 1 aliphatic rings. The summed E-state index contributed by atoms with van der Waals surface area (Å²) in [5.41, 5.74) is 6.63. The van der Waals surface area contributed by atoms with Gasteiger partial charge in [0.2, 0.25) is 0 Å². The summed E-state index contributed by atoms with van der Waals surface area (Å²) in [5.74, 6) is 0. The Balaban J connectivity index is 2.66. The van der Waals surface area contributed by atoms with E-state index < -0.39 is 0 Å². The molecule has 0 saturated carbocycles. The van der Waals surface area contributed by atoms with Crippen molar-refractivity contribution < 1.29 is 0 Å². The number of hydrogen-bond donors (Lipinski definition) is 1. The first-order valence-corrected chi connectivity index (χ1v) is 8.21. The monoisotopic (exact) mass is 258 g/mol. The average Bonchev–Trinajstić information content (AvgIpc) is 2.28. The van der Waals surface area contributed by atoms with Gasteiger partial charge in [0.1, 0.15) is 0 Å². The van der Waals surface area contributed by atoms with E-state index >= 15 is 0 Å². The first-order valence-electron chi connectivity index (χ1n) is 6.92. The van der Waals surface area contributed by atoms with Crippen LogP contribution in [0.4, 0.5) is 0 Å². The number of thioether (sulfide) groups is 1. The molecule has 2 atom stereocenters. The van der Waals surface area contributed by atoms with Gasteiger partial charge in [0.05, 0.1) is 0 Å². The van der Waals surface area contributed by atoms with Crippen molar-refractivity contribution in [2.45, 2.75) is 64.3 Å². The highest BCUT2D eigenvalue weighted by Crippen LogP contribution is 2.31. The van der Waals surface area contributed by atoms with Gasteiger partial charge in [-0.2, -0.15) is 11.8 Å². The van der Waals surface area contributed by atoms with Crippen molar-refractivity contribution in [1.29, 1.82) is 0 Å². The molecule has 1 saturated heterocycles. The summed E-state index contributed by atoms with van der Waals surface area (Å²) in [5, 5.41) is 0.865. The number of hydrogen-bond acceptors (Lipinski definition) is 3. The van der Waals surface area contributed by atoms with E-state index in [9.17, 15) is 0 Å². The lowest BCUT2D eigenvalue weighted by atomic mass is 9.80. The fourth-order valence-electron chi connectivity index (χ4n) is 3.07. The fraction of sp³-hybridized carbons (Fsp3) is 1.00. The quantitative estimate of drug-likeness (QED) is 0.840. The van der Waals surface area contributed by atoms with Crippen LogP contribution < -0.4 is 5.73 Å². The van der Waals surface area contributed by atoms with E-state index in [1.165, 1.54) is 25.9 Å². The number of likely N-dealkylation sites (tertiary alicyclic amines) is 1. The first kappa shape index (κ1) is 15.3. The molecule has 0 aliphatic carbocycles. The van der Waals surface area contributed by atoms with Crippen LogP contribution in [0.1, 0.15) is 47.0 Å². The molecule has 0 aromatic carbocycles. The van der Waals surface area contributed by atoms with Gasteiger partial charge in [-0.3, -0.25) is 4.90 Å². The lowest BCUT2D eigenvalue weighted by molar-refractivity contribution is 0.0614. The van der Waals surface area contributed by atoms with Crippen LogP contribution in [0.25, 0.3) is 0 Å². The lowest BCUT2D eigenvalue weighted by Gasteiger charge is -2.46. The van der Waals surface area contributed by atoms with Crippen LogP contribution >= 0.6 is 11.8 Å². The molecule has 2 nitrogen and oxygen atoms in total. The Morgan fingerprint density at radius 1 is 1.29 bits per heavy atom. The van der Waals surface area contributed by atoms with Crippen molar-refractivity contribution in [2.24, 2.45) is 11.1 Å².